The smallest absolute Gasteiger partial charge is 0.128 e. The molecule has 0 bridgehead atoms. The summed E-state index contributed by atoms with van der Waals surface area (Å²) in [5.74, 6) is 0.974. The van der Waals surface area contributed by atoms with Crippen molar-refractivity contribution in [3.05, 3.63) is 30.1 Å². The number of nitrogens with one attached hydrogen (secondary N) is 2. The zero-order valence-electron chi connectivity index (χ0n) is 9.41. The molecule has 82 valence electrons. The number of hydrogen-bond acceptors (Lipinski definition) is 3. The number of aromatic nitrogens is 2. The Hall–Kier alpha value is -1.84. The topological polar surface area (TPSA) is 53.1 Å². The highest BCUT2D eigenvalue weighted by Gasteiger charge is 2.25. The fourth-order valence-electron chi connectivity index (χ4n) is 1.92. The Labute approximate surface area is 93.8 Å². The number of aliphatic imine (C=N–C) groups is 1. The molecule has 0 atom stereocenters. The van der Waals surface area contributed by atoms with E-state index in [-0.39, 0.29) is 5.54 Å². The van der Waals surface area contributed by atoms with Gasteiger partial charge in [0, 0.05) is 5.56 Å². The van der Waals surface area contributed by atoms with Crippen molar-refractivity contribution in [2.75, 3.05) is 6.54 Å². The van der Waals surface area contributed by atoms with E-state index in [1.807, 2.05) is 6.07 Å². The first-order chi connectivity index (χ1) is 7.64. The standard InChI is InChI=1S/C12H14N4/c1-12(2)6-13-11(16-12)8-3-4-9-10(5-8)15-7-14-9/h3-5,7H,6H2,1-2H3,(H,13,16)(H,14,15). The lowest BCUT2D eigenvalue weighted by Gasteiger charge is -2.18. The van der Waals surface area contributed by atoms with Gasteiger partial charge in [0.05, 0.1) is 29.4 Å². The Kier molecular flexibility index (Phi) is 1.80. The molecule has 4 heteroatoms. The van der Waals surface area contributed by atoms with Gasteiger partial charge in [-0.15, -0.1) is 0 Å². The Morgan fingerprint density at radius 3 is 2.94 bits per heavy atom. The van der Waals surface area contributed by atoms with Gasteiger partial charge >= 0.3 is 0 Å². The van der Waals surface area contributed by atoms with Crippen LogP contribution in [0.25, 0.3) is 11.0 Å². The predicted octanol–water partition coefficient (Wildman–Crippen LogP) is 1.69. The SMILES string of the molecule is CC1(C)CN=C(c2ccc3nc[nH]c3c2)N1. The summed E-state index contributed by atoms with van der Waals surface area (Å²) in [4.78, 5) is 11.8. The minimum Gasteiger partial charge on any atom is -0.363 e. The largest absolute Gasteiger partial charge is 0.363 e. The predicted molar refractivity (Wildman–Crippen MR) is 64.7 cm³/mol. The first kappa shape index (κ1) is 9.39. The molecule has 2 N–H and O–H groups in total. The summed E-state index contributed by atoms with van der Waals surface area (Å²) in [7, 11) is 0. The van der Waals surface area contributed by atoms with Crippen molar-refractivity contribution in [3.8, 4) is 0 Å². The third-order valence-corrected chi connectivity index (χ3v) is 2.78. The minimum absolute atomic E-state index is 0.0677. The monoisotopic (exact) mass is 214 g/mol. The summed E-state index contributed by atoms with van der Waals surface area (Å²) >= 11 is 0. The van der Waals surface area contributed by atoms with Crippen molar-refractivity contribution in [3.63, 3.8) is 0 Å². The molecule has 0 spiro atoms. The molecule has 2 aromatic rings. The Morgan fingerprint density at radius 1 is 1.31 bits per heavy atom. The van der Waals surface area contributed by atoms with Crippen LogP contribution in [0.3, 0.4) is 0 Å². The summed E-state index contributed by atoms with van der Waals surface area (Å²) < 4.78 is 0. The maximum Gasteiger partial charge on any atom is 0.128 e. The van der Waals surface area contributed by atoms with Crippen LogP contribution in [0, 0.1) is 0 Å². The van der Waals surface area contributed by atoms with Crippen LogP contribution in [-0.2, 0) is 0 Å². The molecule has 0 fully saturated rings. The molecule has 0 aliphatic carbocycles. The third kappa shape index (κ3) is 1.46. The molecular weight excluding hydrogens is 200 g/mol. The van der Waals surface area contributed by atoms with Crippen LogP contribution in [-0.4, -0.2) is 27.9 Å². The lowest BCUT2D eigenvalue weighted by Crippen LogP contribution is -2.39. The second-order valence-electron chi connectivity index (χ2n) is 4.81. The molecule has 1 aliphatic rings. The molecule has 0 saturated heterocycles. The van der Waals surface area contributed by atoms with Crippen molar-refractivity contribution in [2.45, 2.75) is 19.4 Å². The summed E-state index contributed by atoms with van der Waals surface area (Å²) in [6.07, 6.45) is 1.71. The van der Waals surface area contributed by atoms with E-state index in [9.17, 15) is 0 Å². The molecule has 1 aromatic heterocycles. The normalized spacial score (nSPS) is 18.5. The maximum atomic E-state index is 4.52. The van der Waals surface area contributed by atoms with Crippen molar-refractivity contribution in [1.29, 1.82) is 0 Å². The maximum absolute atomic E-state index is 4.52. The zero-order chi connectivity index (χ0) is 11.2. The van der Waals surface area contributed by atoms with E-state index in [1.165, 1.54) is 0 Å². The number of fused-ring (bicyclic) bond motifs is 1. The fourth-order valence-corrected chi connectivity index (χ4v) is 1.92. The van der Waals surface area contributed by atoms with Crippen LogP contribution >= 0.6 is 0 Å². The zero-order valence-corrected chi connectivity index (χ0v) is 9.41. The second-order valence-corrected chi connectivity index (χ2v) is 4.81. The van der Waals surface area contributed by atoms with Crippen molar-refractivity contribution in [2.24, 2.45) is 4.99 Å². The van der Waals surface area contributed by atoms with Crippen LogP contribution in [0.5, 0.6) is 0 Å². The number of rotatable bonds is 1. The van der Waals surface area contributed by atoms with Crippen LogP contribution < -0.4 is 5.32 Å². The molecule has 4 nitrogen and oxygen atoms in total. The summed E-state index contributed by atoms with van der Waals surface area (Å²) in [6.45, 7) is 5.12. The molecule has 0 saturated carbocycles. The summed E-state index contributed by atoms with van der Waals surface area (Å²) in [5.41, 5.74) is 3.22. The van der Waals surface area contributed by atoms with E-state index >= 15 is 0 Å². The number of hydrogen-bond donors (Lipinski definition) is 2. The lowest BCUT2D eigenvalue weighted by atomic mass is 10.1. The van der Waals surface area contributed by atoms with E-state index in [4.69, 9.17) is 0 Å². The number of H-pyrrole nitrogens is 1. The van der Waals surface area contributed by atoms with Crippen molar-refractivity contribution in [1.82, 2.24) is 15.3 Å². The molecule has 3 rings (SSSR count). The number of imidazole rings is 1. The van der Waals surface area contributed by atoms with Gasteiger partial charge in [0.15, 0.2) is 0 Å². The van der Waals surface area contributed by atoms with Gasteiger partial charge in [-0.3, -0.25) is 4.99 Å². The van der Waals surface area contributed by atoms with Gasteiger partial charge in [-0.25, -0.2) is 4.98 Å². The van der Waals surface area contributed by atoms with Crippen LogP contribution in [0.1, 0.15) is 19.4 Å². The number of benzene rings is 1. The highest BCUT2D eigenvalue weighted by Crippen LogP contribution is 2.17. The van der Waals surface area contributed by atoms with E-state index in [0.717, 1.165) is 29.0 Å². The van der Waals surface area contributed by atoms with Gasteiger partial charge in [0.2, 0.25) is 0 Å². The Balaban J connectivity index is 2.01. The molecule has 1 aliphatic heterocycles. The lowest BCUT2D eigenvalue weighted by molar-refractivity contribution is 0.506. The van der Waals surface area contributed by atoms with Gasteiger partial charge < -0.3 is 10.3 Å². The summed E-state index contributed by atoms with van der Waals surface area (Å²) in [6, 6.07) is 6.14. The van der Waals surface area contributed by atoms with Crippen molar-refractivity contribution >= 4 is 16.9 Å². The quantitative estimate of drug-likeness (QED) is 0.759. The van der Waals surface area contributed by atoms with Crippen LogP contribution in [0.2, 0.25) is 0 Å². The first-order valence-electron chi connectivity index (χ1n) is 5.40. The summed E-state index contributed by atoms with van der Waals surface area (Å²) in [5, 5.41) is 3.42. The molecule has 0 radical (unpaired) electrons. The van der Waals surface area contributed by atoms with Gasteiger partial charge in [-0.2, -0.15) is 0 Å². The fraction of sp³-hybridized carbons (Fsp3) is 0.333. The Bertz CT molecular complexity index is 565. The first-order valence-corrected chi connectivity index (χ1v) is 5.40. The minimum atomic E-state index is 0.0677. The van der Waals surface area contributed by atoms with E-state index in [1.54, 1.807) is 6.33 Å². The average molecular weight is 214 g/mol. The van der Waals surface area contributed by atoms with E-state index in [2.05, 4.69) is 46.3 Å². The second kappa shape index (κ2) is 3.07. The number of nitrogens with zero attached hydrogens (tertiary/aromatic N) is 2. The van der Waals surface area contributed by atoms with Gasteiger partial charge in [0.25, 0.3) is 0 Å². The highest BCUT2D eigenvalue weighted by atomic mass is 15.1. The number of amidine groups is 1. The highest BCUT2D eigenvalue weighted by molar-refractivity contribution is 6.02. The molecule has 1 aromatic carbocycles. The third-order valence-electron chi connectivity index (χ3n) is 2.78. The molecule has 0 amide bonds. The Morgan fingerprint density at radius 2 is 2.19 bits per heavy atom. The molecule has 16 heavy (non-hydrogen) atoms. The van der Waals surface area contributed by atoms with Gasteiger partial charge in [0.1, 0.15) is 5.84 Å². The molecule has 2 heterocycles. The van der Waals surface area contributed by atoms with Crippen molar-refractivity contribution < 1.29 is 0 Å². The molecule has 0 unspecified atom stereocenters. The van der Waals surface area contributed by atoms with E-state index in [0.29, 0.717) is 0 Å². The average Bonchev–Trinajstić information content (AvgIpc) is 2.82. The van der Waals surface area contributed by atoms with Gasteiger partial charge in [-0.05, 0) is 32.0 Å². The van der Waals surface area contributed by atoms with E-state index < -0.39 is 0 Å². The van der Waals surface area contributed by atoms with Crippen LogP contribution in [0.15, 0.2) is 29.5 Å². The number of aromatic amines is 1. The van der Waals surface area contributed by atoms with Crippen LogP contribution in [0.4, 0.5) is 0 Å². The molecular formula is C12H14N4. The van der Waals surface area contributed by atoms with Gasteiger partial charge in [-0.1, -0.05) is 0 Å².